The lowest BCUT2D eigenvalue weighted by Crippen LogP contribution is -1.97. The highest BCUT2D eigenvalue weighted by Gasteiger charge is 2.22. The van der Waals surface area contributed by atoms with Crippen molar-refractivity contribution in [1.82, 2.24) is 19.7 Å². The highest BCUT2D eigenvalue weighted by Crippen LogP contribution is 2.44. The van der Waals surface area contributed by atoms with Gasteiger partial charge in [0.15, 0.2) is 0 Å². The van der Waals surface area contributed by atoms with Gasteiger partial charge in [0.1, 0.15) is 5.69 Å². The Morgan fingerprint density at radius 1 is 0.431 bits per heavy atom. The molecule has 0 aliphatic carbocycles. The normalized spacial score (nSPS) is 11.5. The van der Waals surface area contributed by atoms with E-state index in [0.29, 0.717) is 0 Å². The van der Waals surface area contributed by atoms with Crippen molar-refractivity contribution < 1.29 is 0 Å². The van der Waals surface area contributed by atoms with Gasteiger partial charge in [0.25, 0.3) is 0 Å². The first kappa shape index (κ1) is 29.0. The minimum absolute atomic E-state index is 0.922. The molecule has 0 radical (unpaired) electrons. The summed E-state index contributed by atoms with van der Waals surface area (Å²) in [6.45, 7) is 0. The molecule has 0 bridgehead atoms. The van der Waals surface area contributed by atoms with Gasteiger partial charge in [0.05, 0.1) is 27.9 Å². The number of para-hydroxylation sites is 1. The van der Waals surface area contributed by atoms with Gasteiger partial charge >= 0.3 is 0 Å². The number of rotatable bonds is 5. The smallest absolute Gasteiger partial charge is 0.101 e. The van der Waals surface area contributed by atoms with Gasteiger partial charge in [0.2, 0.25) is 0 Å². The molecule has 10 rings (SSSR count). The molecule has 238 valence electrons. The van der Waals surface area contributed by atoms with E-state index in [1.54, 1.807) is 0 Å². The predicted octanol–water partition coefficient (Wildman–Crippen LogP) is 11.9. The molecular formula is C47H30N4. The Bertz CT molecular complexity index is 2880. The lowest BCUT2D eigenvalue weighted by atomic mass is 9.90. The summed E-state index contributed by atoms with van der Waals surface area (Å²) in [7, 11) is 0. The van der Waals surface area contributed by atoms with Crippen molar-refractivity contribution in [2.45, 2.75) is 0 Å². The van der Waals surface area contributed by atoms with E-state index in [-0.39, 0.29) is 0 Å². The Labute approximate surface area is 294 Å². The molecule has 0 saturated carbocycles. The number of nitrogens with zero attached hydrogens (tertiary/aromatic N) is 4. The topological polar surface area (TPSA) is 43.6 Å². The monoisotopic (exact) mass is 650 g/mol. The zero-order valence-electron chi connectivity index (χ0n) is 27.6. The molecule has 7 aromatic carbocycles. The van der Waals surface area contributed by atoms with Crippen molar-refractivity contribution in [2.75, 3.05) is 0 Å². The largest absolute Gasteiger partial charge is 0.254 e. The summed E-state index contributed by atoms with van der Waals surface area (Å²) in [5, 5.41) is 11.0. The number of aromatic nitrogens is 4. The average Bonchev–Trinajstić information content (AvgIpc) is 3.62. The molecule has 0 aliphatic rings. The predicted molar refractivity (Wildman–Crippen MR) is 211 cm³/mol. The van der Waals surface area contributed by atoms with E-state index in [9.17, 15) is 0 Å². The van der Waals surface area contributed by atoms with Crippen molar-refractivity contribution >= 4 is 43.5 Å². The van der Waals surface area contributed by atoms with E-state index in [1.165, 1.54) is 10.9 Å². The van der Waals surface area contributed by atoms with Crippen LogP contribution in [0.3, 0.4) is 0 Å². The fourth-order valence-corrected chi connectivity index (χ4v) is 7.42. The molecule has 4 heteroatoms. The minimum Gasteiger partial charge on any atom is -0.254 e. The number of benzene rings is 7. The lowest BCUT2D eigenvalue weighted by molar-refractivity contribution is 0.918. The molecule has 10 aromatic rings. The molecule has 4 nitrogen and oxygen atoms in total. The Kier molecular flexibility index (Phi) is 6.78. The molecule has 3 heterocycles. The quantitative estimate of drug-likeness (QED) is 0.174. The van der Waals surface area contributed by atoms with Crippen molar-refractivity contribution in [1.29, 1.82) is 0 Å². The maximum absolute atomic E-state index is 5.36. The highest BCUT2D eigenvalue weighted by molar-refractivity contribution is 6.19. The molecule has 0 atom stereocenters. The maximum atomic E-state index is 5.36. The molecule has 0 fully saturated rings. The number of fused-ring (bicyclic) bond motifs is 6. The summed E-state index contributed by atoms with van der Waals surface area (Å²) in [6, 6.07) is 62.0. The number of hydrogen-bond acceptors (Lipinski definition) is 3. The van der Waals surface area contributed by atoms with Crippen LogP contribution in [-0.2, 0) is 0 Å². The summed E-state index contributed by atoms with van der Waals surface area (Å²) in [6.07, 6.45) is 1.83. The second-order valence-corrected chi connectivity index (χ2v) is 12.9. The average molecular weight is 651 g/mol. The van der Waals surface area contributed by atoms with Gasteiger partial charge in [-0.2, -0.15) is 5.10 Å². The van der Waals surface area contributed by atoms with Crippen LogP contribution >= 0.6 is 0 Å². The summed E-state index contributed by atoms with van der Waals surface area (Å²) >= 11 is 0. The SMILES string of the molecule is c1ccc(-c2cc3c(-c4ccc(-c5ccc6ccc7cccnc7c6n5)cc4)cccc3c3c2c(-c2ccccc2)nn3-c2ccccc2)cc1. The van der Waals surface area contributed by atoms with Crippen LogP contribution in [0, 0.1) is 0 Å². The number of pyridine rings is 2. The van der Waals surface area contributed by atoms with E-state index < -0.39 is 0 Å². The van der Waals surface area contributed by atoms with Crippen LogP contribution in [-0.4, -0.2) is 19.7 Å². The molecule has 3 aromatic heterocycles. The van der Waals surface area contributed by atoms with E-state index in [0.717, 1.165) is 83.0 Å². The van der Waals surface area contributed by atoms with Gasteiger partial charge in [-0.05, 0) is 58.0 Å². The molecule has 0 saturated heterocycles. The molecule has 51 heavy (non-hydrogen) atoms. The van der Waals surface area contributed by atoms with Crippen LogP contribution in [0.25, 0.3) is 93.9 Å². The molecular weight excluding hydrogens is 621 g/mol. The first-order valence-electron chi connectivity index (χ1n) is 17.2. The maximum Gasteiger partial charge on any atom is 0.101 e. The van der Waals surface area contributed by atoms with Gasteiger partial charge in [-0.1, -0.05) is 146 Å². The Hall–Kier alpha value is -6.91. The fourth-order valence-electron chi connectivity index (χ4n) is 7.42. The van der Waals surface area contributed by atoms with Gasteiger partial charge < -0.3 is 0 Å². The van der Waals surface area contributed by atoms with Gasteiger partial charge in [-0.15, -0.1) is 0 Å². The first-order valence-corrected chi connectivity index (χ1v) is 17.2. The van der Waals surface area contributed by atoms with E-state index in [4.69, 9.17) is 10.1 Å². The van der Waals surface area contributed by atoms with Crippen LogP contribution in [0.1, 0.15) is 0 Å². The summed E-state index contributed by atoms with van der Waals surface area (Å²) < 4.78 is 2.13. The van der Waals surface area contributed by atoms with Gasteiger partial charge in [-0.25, -0.2) is 9.67 Å². The summed E-state index contributed by atoms with van der Waals surface area (Å²) in [5.74, 6) is 0. The molecule has 0 spiro atoms. The zero-order valence-corrected chi connectivity index (χ0v) is 27.6. The summed E-state index contributed by atoms with van der Waals surface area (Å²) in [5.41, 5.74) is 12.6. The lowest BCUT2D eigenvalue weighted by Gasteiger charge is -2.14. The van der Waals surface area contributed by atoms with E-state index in [2.05, 4.69) is 180 Å². The van der Waals surface area contributed by atoms with Crippen LogP contribution in [0.5, 0.6) is 0 Å². The Morgan fingerprint density at radius 3 is 1.84 bits per heavy atom. The van der Waals surface area contributed by atoms with E-state index >= 15 is 0 Å². The van der Waals surface area contributed by atoms with Crippen LogP contribution in [0.4, 0.5) is 0 Å². The highest BCUT2D eigenvalue weighted by atomic mass is 15.3. The van der Waals surface area contributed by atoms with Crippen LogP contribution < -0.4 is 0 Å². The zero-order chi connectivity index (χ0) is 33.7. The van der Waals surface area contributed by atoms with Crippen molar-refractivity contribution in [3.63, 3.8) is 0 Å². The van der Waals surface area contributed by atoms with Crippen molar-refractivity contribution in [3.8, 4) is 50.5 Å². The Morgan fingerprint density at radius 2 is 1.08 bits per heavy atom. The second-order valence-electron chi connectivity index (χ2n) is 12.9. The minimum atomic E-state index is 0.922. The van der Waals surface area contributed by atoms with Gasteiger partial charge in [0, 0.05) is 38.9 Å². The van der Waals surface area contributed by atoms with E-state index in [1.807, 2.05) is 12.3 Å². The van der Waals surface area contributed by atoms with Gasteiger partial charge in [-0.3, -0.25) is 4.98 Å². The molecule has 0 amide bonds. The first-order chi connectivity index (χ1) is 25.3. The third-order valence-electron chi connectivity index (χ3n) is 9.86. The third-order valence-corrected chi connectivity index (χ3v) is 9.86. The number of hydrogen-bond donors (Lipinski definition) is 0. The fraction of sp³-hybridized carbons (Fsp3) is 0. The van der Waals surface area contributed by atoms with Crippen molar-refractivity contribution in [3.05, 3.63) is 182 Å². The molecule has 0 aliphatic heterocycles. The van der Waals surface area contributed by atoms with Crippen LogP contribution in [0.15, 0.2) is 182 Å². The third kappa shape index (κ3) is 4.88. The molecule has 0 unspecified atom stereocenters. The summed E-state index contributed by atoms with van der Waals surface area (Å²) in [4.78, 5) is 9.75. The van der Waals surface area contributed by atoms with Crippen molar-refractivity contribution in [2.24, 2.45) is 0 Å². The molecule has 0 N–H and O–H groups in total. The van der Waals surface area contributed by atoms with Crippen LogP contribution in [0.2, 0.25) is 0 Å². The second kappa shape index (κ2) is 11.9. The standard InChI is InChI=1S/C47H30N4/c1-4-12-31(13-5-1)40-30-41-38(32-21-23-33(24-22-32)42-28-27-36-26-25-35-16-11-29-48-45(35)46(36)49-42)19-10-20-39(41)47-43(40)44(34-14-6-2-7-15-34)50-51(47)37-17-8-3-9-18-37/h1-30H. The Balaban J connectivity index is 1.19.